The van der Waals surface area contributed by atoms with Crippen molar-refractivity contribution in [1.82, 2.24) is 15.3 Å². The maximum Gasteiger partial charge on any atom is 0.242 e. The van der Waals surface area contributed by atoms with Crippen LogP contribution in [-0.4, -0.2) is 35.0 Å². The monoisotopic (exact) mass is 285 g/mol. The number of rotatable bonds is 4. The Balaban J connectivity index is 1.97. The van der Waals surface area contributed by atoms with Gasteiger partial charge in [-0.25, -0.2) is 4.98 Å². The molecule has 6 nitrogen and oxygen atoms in total. The second-order valence-corrected chi connectivity index (χ2v) is 5.07. The van der Waals surface area contributed by atoms with Gasteiger partial charge in [0.2, 0.25) is 11.9 Å². The first-order valence-electron chi connectivity index (χ1n) is 7.33. The van der Waals surface area contributed by atoms with Crippen molar-refractivity contribution in [3.05, 3.63) is 24.3 Å². The first kappa shape index (κ1) is 13.6. The normalized spacial score (nSPS) is 18.3. The molecular weight excluding hydrogens is 266 g/mol. The molecule has 1 aromatic carbocycles. The average Bonchev–Trinajstić information content (AvgIpc) is 2.50. The lowest BCUT2D eigenvalue weighted by molar-refractivity contribution is -0.123. The SMILES string of the molecule is CCNc1nc(NC2CCCNC2=O)c2ccccc2n1. The summed E-state index contributed by atoms with van der Waals surface area (Å²) in [5.41, 5.74) is 0.863. The van der Waals surface area contributed by atoms with Gasteiger partial charge in [-0.15, -0.1) is 0 Å². The molecule has 0 saturated carbocycles. The first-order valence-corrected chi connectivity index (χ1v) is 7.33. The third-order valence-corrected chi connectivity index (χ3v) is 3.53. The molecule has 1 unspecified atom stereocenters. The van der Waals surface area contributed by atoms with Gasteiger partial charge in [0.15, 0.2) is 0 Å². The van der Waals surface area contributed by atoms with Crippen LogP contribution in [0.2, 0.25) is 0 Å². The molecule has 1 aromatic heterocycles. The van der Waals surface area contributed by atoms with Crippen molar-refractivity contribution in [3.63, 3.8) is 0 Å². The zero-order valence-corrected chi connectivity index (χ0v) is 12.0. The summed E-state index contributed by atoms with van der Waals surface area (Å²) < 4.78 is 0. The van der Waals surface area contributed by atoms with Crippen LogP contribution >= 0.6 is 0 Å². The third kappa shape index (κ3) is 2.89. The molecule has 6 heteroatoms. The zero-order chi connectivity index (χ0) is 14.7. The average molecular weight is 285 g/mol. The summed E-state index contributed by atoms with van der Waals surface area (Å²) in [4.78, 5) is 20.9. The van der Waals surface area contributed by atoms with Crippen molar-refractivity contribution >= 4 is 28.6 Å². The fraction of sp³-hybridized carbons (Fsp3) is 0.400. The highest BCUT2D eigenvalue weighted by atomic mass is 16.2. The Morgan fingerprint density at radius 3 is 3.00 bits per heavy atom. The molecule has 3 rings (SSSR count). The van der Waals surface area contributed by atoms with E-state index >= 15 is 0 Å². The number of nitrogens with one attached hydrogen (secondary N) is 3. The van der Waals surface area contributed by atoms with E-state index in [1.54, 1.807) is 0 Å². The fourth-order valence-corrected chi connectivity index (χ4v) is 2.50. The van der Waals surface area contributed by atoms with E-state index in [2.05, 4.69) is 25.9 Å². The Bertz CT molecular complexity index is 658. The number of fused-ring (bicyclic) bond motifs is 1. The van der Waals surface area contributed by atoms with Crippen molar-refractivity contribution in [1.29, 1.82) is 0 Å². The van der Waals surface area contributed by atoms with E-state index in [-0.39, 0.29) is 11.9 Å². The number of hydrogen-bond donors (Lipinski definition) is 3. The minimum absolute atomic E-state index is 0.0361. The lowest BCUT2D eigenvalue weighted by atomic mass is 10.1. The number of aromatic nitrogens is 2. The predicted octanol–water partition coefficient (Wildman–Crippen LogP) is 1.75. The number of carbonyl (C=O) groups excluding carboxylic acids is 1. The second kappa shape index (κ2) is 5.95. The molecule has 0 aliphatic carbocycles. The summed E-state index contributed by atoms with van der Waals surface area (Å²) in [5.74, 6) is 1.32. The van der Waals surface area contributed by atoms with E-state index in [9.17, 15) is 4.79 Å². The Kier molecular flexibility index (Phi) is 3.85. The van der Waals surface area contributed by atoms with Crippen LogP contribution in [0.25, 0.3) is 10.9 Å². The van der Waals surface area contributed by atoms with Crippen molar-refractivity contribution in [2.75, 3.05) is 23.7 Å². The molecular formula is C15H19N5O. The molecule has 3 N–H and O–H groups in total. The van der Waals surface area contributed by atoms with Crippen LogP contribution in [0.15, 0.2) is 24.3 Å². The Hall–Kier alpha value is -2.37. The first-order chi connectivity index (χ1) is 10.3. The molecule has 110 valence electrons. The highest BCUT2D eigenvalue weighted by Gasteiger charge is 2.23. The standard InChI is InChI=1S/C15H19N5O/c1-2-16-15-19-11-7-4-3-6-10(11)13(20-15)18-12-8-5-9-17-14(12)21/h3-4,6-7,12H,2,5,8-9H2,1H3,(H,17,21)(H2,16,18,19,20). The number of nitrogens with zero attached hydrogens (tertiary/aromatic N) is 2. The van der Waals surface area contributed by atoms with Gasteiger partial charge in [-0.05, 0) is 31.9 Å². The molecule has 1 aliphatic rings. The molecule has 1 fully saturated rings. The van der Waals surface area contributed by atoms with Crippen molar-refractivity contribution in [3.8, 4) is 0 Å². The minimum atomic E-state index is -0.230. The number of carbonyl (C=O) groups is 1. The second-order valence-electron chi connectivity index (χ2n) is 5.07. The van der Waals surface area contributed by atoms with Crippen LogP contribution < -0.4 is 16.0 Å². The Morgan fingerprint density at radius 1 is 1.33 bits per heavy atom. The van der Waals surface area contributed by atoms with Gasteiger partial charge in [0.25, 0.3) is 0 Å². The topological polar surface area (TPSA) is 78.9 Å². The number of benzene rings is 1. The van der Waals surface area contributed by atoms with Gasteiger partial charge in [0, 0.05) is 18.5 Å². The number of hydrogen-bond acceptors (Lipinski definition) is 5. The summed E-state index contributed by atoms with van der Waals surface area (Å²) in [7, 11) is 0. The lowest BCUT2D eigenvalue weighted by Crippen LogP contribution is -2.44. The van der Waals surface area contributed by atoms with Crippen LogP contribution in [0.5, 0.6) is 0 Å². The molecule has 1 atom stereocenters. The van der Waals surface area contributed by atoms with Crippen LogP contribution in [0.1, 0.15) is 19.8 Å². The summed E-state index contributed by atoms with van der Waals surface area (Å²) in [6, 6.07) is 7.58. The number of piperidine rings is 1. The van der Waals surface area contributed by atoms with Gasteiger partial charge in [-0.3, -0.25) is 4.79 Å². The van der Waals surface area contributed by atoms with E-state index in [0.717, 1.165) is 36.8 Å². The van der Waals surface area contributed by atoms with E-state index in [1.807, 2.05) is 31.2 Å². The van der Waals surface area contributed by atoms with Gasteiger partial charge in [0.1, 0.15) is 11.9 Å². The third-order valence-electron chi connectivity index (χ3n) is 3.53. The Labute approximate surface area is 123 Å². The summed E-state index contributed by atoms with van der Waals surface area (Å²) >= 11 is 0. The van der Waals surface area contributed by atoms with Gasteiger partial charge >= 0.3 is 0 Å². The molecule has 0 radical (unpaired) electrons. The van der Waals surface area contributed by atoms with Gasteiger partial charge in [-0.1, -0.05) is 12.1 Å². The van der Waals surface area contributed by atoms with E-state index in [0.29, 0.717) is 11.8 Å². The minimum Gasteiger partial charge on any atom is -0.358 e. The van der Waals surface area contributed by atoms with Crippen LogP contribution in [0, 0.1) is 0 Å². The predicted molar refractivity (Wildman–Crippen MR) is 83.4 cm³/mol. The largest absolute Gasteiger partial charge is 0.358 e. The Morgan fingerprint density at radius 2 is 2.19 bits per heavy atom. The highest BCUT2D eigenvalue weighted by molar-refractivity contribution is 5.93. The molecule has 1 aliphatic heterocycles. The van der Waals surface area contributed by atoms with Crippen LogP contribution in [0.4, 0.5) is 11.8 Å². The fourth-order valence-electron chi connectivity index (χ4n) is 2.50. The summed E-state index contributed by atoms with van der Waals surface area (Å²) in [6.45, 7) is 3.51. The van der Waals surface area contributed by atoms with Crippen LogP contribution in [0.3, 0.4) is 0 Å². The van der Waals surface area contributed by atoms with Crippen LogP contribution in [-0.2, 0) is 4.79 Å². The molecule has 2 aromatic rings. The maximum atomic E-state index is 11.9. The maximum absolute atomic E-state index is 11.9. The van der Waals surface area contributed by atoms with Crippen molar-refractivity contribution < 1.29 is 4.79 Å². The molecule has 0 bridgehead atoms. The molecule has 2 heterocycles. The molecule has 0 spiro atoms. The highest BCUT2D eigenvalue weighted by Crippen LogP contribution is 2.23. The van der Waals surface area contributed by atoms with E-state index < -0.39 is 0 Å². The smallest absolute Gasteiger partial charge is 0.242 e. The summed E-state index contributed by atoms with van der Waals surface area (Å²) in [6.07, 6.45) is 1.80. The number of amides is 1. The molecule has 21 heavy (non-hydrogen) atoms. The van der Waals surface area contributed by atoms with E-state index in [4.69, 9.17) is 0 Å². The number of para-hydroxylation sites is 1. The molecule has 1 amide bonds. The lowest BCUT2D eigenvalue weighted by Gasteiger charge is -2.24. The quantitative estimate of drug-likeness (QED) is 0.797. The van der Waals surface area contributed by atoms with Crippen molar-refractivity contribution in [2.24, 2.45) is 0 Å². The molecule has 1 saturated heterocycles. The van der Waals surface area contributed by atoms with Gasteiger partial charge < -0.3 is 16.0 Å². The van der Waals surface area contributed by atoms with E-state index in [1.165, 1.54) is 0 Å². The van der Waals surface area contributed by atoms with Gasteiger partial charge in [0.05, 0.1) is 5.52 Å². The summed E-state index contributed by atoms with van der Waals surface area (Å²) in [5, 5.41) is 10.2. The zero-order valence-electron chi connectivity index (χ0n) is 12.0. The van der Waals surface area contributed by atoms with Gasteiger partial charge in [-0.2, -0.15) is 4.98 Å². The van der Waals surface area contributed by atoms with Crippen molar-refractivity contribution in [2.45, 2.75) is 25.8 Å². The number of anilines is 2.